The van der Waals surface area contributed by atoms with E-state index in [1.807, 2.05) is 13.8 Å². The molecule has 36 heavy (non-hydrogen) atoms. The van der Waals surface area contributed by atoms with Gasteiger partial charge in [0.05, 0.1) is 13.3 Å². The summed E-state index contributed by atoms with van der Waals surface area (Å²) in [6.45, 7) is 5.72. The van der Waals surface area contributed by atoms with Crippen molar-refractivity contribution in [1.29, 1.82) is 0 Å². The van der Waals surface area contributed by atoms with Gasteiger partial charge in [-0.25, -0.2) is 27.7 Å². The molecule has 4 heterocycles. The first kappa shape index (κ1) is 26.2. The van der Waals surface area contributed by atoms with E-state index in [0.29, 0.717) is 41.3 Å². The van der Waals surface area contributed by atoms with Crippen LogP contribution in [0.2, 0.25) is 0 Å². The molecule has 3 aliphatic rings. The van der Waals surface area contributed by atoms with E-state index in [4.69, 9.17) is 15.6 Å². The van der Waals surface area contributed by atoms with Crippen molar-refractivity contribution in [3.63, 3.8) is 0 Å². The first-order valence-corrected chi connectivity index (χ1v) is 12.8. The van der Waals surface area contributed by atoms with Crippen LogP contribution in [0.3, 0.4) is 0 Å². The molecule has 0 unspecified atom stereocenters. The summed E-state index contributed by atoms with van der Waals surface area (Å²) in [4.78, 5) is 8.13. The zero-order chi connectivity index (χ0) is 25.9. The highest BCUT2D eigenvalue weighted by Crippen LogP contribution is 2.62. The standard InChI is InChI=1S/C19H19F2N5O.C5H10FN.C2H6/c1-27-14-6-15-23-9-13(17-11(20)5-12(21)18(22)24-17)26(15)25-16(14)10-7-19(8-10)3-2-4-19;6-5-1-3-7-4-2-5;1-2/h5-6,9-10H,2-4,7-8H2,1H3,(H2,22,24);5,7H,1-4H2;1-2H3. The van der Waals surface area contributed by atoms with Crippen molar-refractivity contribution in [3.8, 4) is 17.1 Å². The lowest BCUT2D eigenvalue weighted by Crippen LogP contribution is -2.41. The van der Waals surface area contributed by atoms with Gasteiger partial charge in [-0.15, -0.1) is 0 Å². The summed E-state index contributed by atoms with van der Waals surface area (Å²) in [5, 5.41) is 7.78. The molecule has 3 aromatic rings. The van der Waals surface area contributed by atoms with Crippen molar-refractivity contribution in [2.75, 3.05) is 25.9 Å². The molecule has 2 saturated carbocycles. The second kappa shape index (κ2) is 11.0. The van der Waals surface area contributed by atoms with E-state index in [0.717, 1.165) is 37.7 Å². The smallest absolute Gasteiger partial charge is 0.168 e. The maximum Gasteiger partial charge on any atom is 0.168 e. The van der Waals surface area contributed by atoms with E-state index in [1.165, 1.54) is 30.0 Å². The zero-order valence-corrected chi connectivity index (χ0v) is 21.2. The average Bonchev–Trinajstić information content (AvgIpc) is 3.24. The highest BCUT2D eigenvalue weighted by Gasteiger charge is 2.49. The molecule has 0 bridgehead atoms. The molecule has 6 rings (SSSR count). The van der Waals surface area contributed by atoms with Gasteiger partial charge in [0.25, 0.3) is 0 Å². The van der Waals surface area contributed by atoms with Gasteiger partial charge in [-0.1, -0.05) is 20.3 Å². The van der Waals surface area contributed by atoms with Gasteiger partial charge < -0.3 is 15.8 Å². The number of rotatable bonds is 3. The maximum atomic E-state index is 14.3. The lowest BCUT2D eigenvalue weighted by atomic mass is 9.51. The van der Waals surface area contributed by atoms with E-state index in [-0.39, 0.29) is 11.5 Å². The third kappa shape index (κ3) is 5.14. The summed E-state index contributed by atoms with van der Waals surface area (Å²) in [5.41, 5.74) is 7.62. The molecule has 3 fully saturated rings. The molecular weight excluding hydrogens is 469 g/mol. The van der Waals surface area contributed by atoms with Gasteiger partial charge in [0.1, 0.15) is 29.0 Å². The number of hydrogen-bond donors (Lipinski definition) is 2. The average molecular weight is 505 g/mol. The van der Waals surface area contributed by atoms with Gasteiger partial charge >= 0.3 is 0 Å². The number of fused-ring (bicyclic) bond motifs is 1. The monoisotopic (exact) mass is 504 g/mol. The lowest BCUT2D eigenvalue weighted by molar-refractivity contribution is 0.00648. The fraction of sp³-hybridized carbons (Fsp3) is 0.577. The maximum absolute atomic E-state index is 14.3. The van der Waals surface area contributed by atoms with E-state index in [2.05, 4.69) is 15.3 Å². The minimum atomic E-state index is -0.888. The minimum absolute atomic E-state index is 0.0749. The lowest BCUT2D eigenvalue weighted by Gasteiger charge is -2.54. The number of nitrogens with one attached hydrogen (secondary N) is 1. The Labute approximate surface area is 209 Å². The number of anilines is 1. The number of alkyl halides is 1. The van der Waals surface area contributed by atoms with Gasteiger partial charge in [-0.3, -0.25) is 0 Å². The summed E-state index contributed by atoms with van der Waals surface area (Å²) in [6, 6.07) is 2.52. The number of imidazole rings is 1. The van der Waals surface area contributed by atoms with Crippen LogP contribution in [-0.4, -0.2) is 46.0 Å². The summed E-state index contributed by atoms with van der Waals surface area (Å²) < 4.78 is 47.0. The van der Waals surface area contributed by atoms with Crippen molar-refractivity contribution in [2.24, 2.45) is 5.41 Å². The molecule has 7 nitrogen and oxygen atoms in total. The zero-order valence-electron chi connectivity index (χ0n) is 21.2. The van der Waals surface area contributed by atoms with Crippen LogP contribution < -0.4 is 15.8 Å². The van der Waals surface area contributed by atoms with Gasteiger partial charge in [0.2, 0.25) is 0 Å². The second-order valence-corrected chi connectivity index (χ2v) is 9.58. The van der Waals surface area contributed by atoms with Crippen LogP contribution in [0.5, 0.6) is 5.75 Å². The van der Waals surface area contributed by atoms with E-state index in [9.17, 15) is 13.2 Å². The topological polar surface area (TPSA) is 90.4 Å². The Morgan fingerprint density at radius 3 is 2.36 bits per heavy atom. The van der Waals surface area contributed by atoms with Gasteiger partial charge in [0, 0.05) is 18.1 Å². The number of pyridine rings is 1. The third-order valence-electron chi connectivity index (χ3n) is 7.33. The molecule has 0 atom stereocenters. The number of methoxy groups -OCH3 is 1. The molecule has 2 aliphatic carbocycles. The normalized spacial score (nSPS) is 18.9. The van der Waals surface area contributed by atoms with Crippen molar-refractivity contribution >= 4 is 11.5 Å². The Kier molecular flexibility index (Phi) is 8.02. The molecule has 1 saturated heterocycles. The summed E-state index contributed by atoms with van der Waals surface area (Å²) in [7, 11) is 1.61. The Balaban J connectivity index is 0.000000290. The third-order valence-corrected chi connectivity index (χ3v) is 7.33. The fourth-order valence-corrected chi connectivity index (χ4v) is 5.23. The van der Waals surface area contributed by atoms with Crippen LogP contribution in [0, 0.1) is 17.0 Å². The number of aromatic nitrogens is 4. The van der Waals surface area contributed by atoms with E-state index < -0.39 is 17.8 Å². The summed E-state index contributed by atoms with van der Waals surface area (Å²) in [6.07, 6.45) is 8.43. The molecule has 3 N–H and O–H groups in total. The van der Waals surface area contributed by atoms with Gasteiger partial charge in [-0.05, 0) is 57.0 Å². The van der Waals surface area contributed by atoms with Crippen molar-refractivity contribution < 1.29 is 17.9 Å². The summed E-state index contributed by atoms with van der Waals surface area (Å²) >= 11 is 0. The van der Waals surface area contributed by atoms with Crippen LogP contribution in [0.25, 0.3) is 17.0 Å². The quantitative estimate of drug-likeness (QED) is 0.494. The predicted octanol–water partition coefficient (Wildman–Crippen LogP) is 5.44. The Morgan fingerprint density at radius 2 is 1.81 bits per heavy atom. The highest BCUT2D eigenvalue weighted by atomic mass is 19.1. The number of hydrogen-bond acceptors (Lipinski definition) is 6. The van der Waals surface area contributed by atoms with Crippen LogP contribution in [0.4, 0.5) is 19.0 Å². The molecule has 0 radical (unpaired) electrons. The first-order valence-electron chi connectivity index (χ1n) is 12.8. The molecular formula is C26H35F3N6O. The molecule has 0 aromatic carbocycles. The summed E-state index contributed by atoms with van der Waals surface area (Å²) in [5.74, 6) is -1.05. The number of piperidine rings is 1. The Hall–Kier alpha value is -2.88. The number of nitrogens with two attached hydrogens (primary N) is 1. The van der Waals surface area contributed by atoms with Crippen molar-refractivity contribution in [2.45, 2.75) is 70.9 Å². The van der Waals surface area contributed by atoms with Gasteiger partial charge in [0.15, 0.2) is 23.1 Å². The largest absolute Gasteiger partial charge is 0.495 e. The molecule has 0 amide bonds. The predicted molar refractivity (Wildman–Crippen MR) is 134 cm³/mol. The number of halogens is 3. The molecule has 10 heteroatoms. The molecule has 3 aromatic heterocycles. The van der Waals surface area contributed by atoms with E-state index in [1.54, 1.807) is 13.2 Å². The number of nitrogen functional groups attached to an aromatic ring is 1. The van der Waals surface area contributed by atoms with Crippen LogP contribution in [0.1, 0.15) is 70.4 Å². The van der Waals surface area contributed by atoms with E-state index >= 15 is 0 Å². The minimum Gasteiger partial charge on any atom is -0.495 e. The van der Waals surface area contributed by atoms with Crippen LogP contribution >= 0.6 is 0 Å². The first-order chi connectivity index (χ1) is 17.4. The molecule has 1 aliphatic heterocycles. The van der Waals surface area contributed by atoms with Crippen LogP contribution in [-0.2, 0) is 0 Å². The van der Waals surface area contributed by atoms with Crippen molar-refractivity contribution in [3.05, 3.63) is 35.7 Å². The highest BCUT2D eigenvalue weighted by molar-refractivity contribution is 5.63. The molecule has 196 valence electrons. The Bertz CT molecular complexity index is 1180. The Morgan fingerprint density at radius 1 is 1.11 bits per heavy atom. The van der Waals surface area contributed by atoms with Crippen molar-refractivity contribution in [1.82, 2.24) is 24.9 Å². The van der Waals surface area contributed by atoms with Crippen LogP contribution in [0.15, 0.2) is 18.3 Å². The number of nitrogens with zero attached hydrogens (tertiary/aromatic N) is 4. The SMILES string of the molecule is CC.COc1cc2ncc(-c3nc(N)c(F)cc3F)n2nc1C1CC2(CCC2)C1.FC1CCNCC1. The number of ether oxygens (including phenoxy) is 1. The second-order valence-electron chi connectivity index (χ2n) is 9.58. The van der Waals surface area contributed by atoms with Gasteiger partial charge in [-0.2, -0.15) is 5.10 Å². The molecule has 1 spiro atoms. The fourth-order valence-electron chi connectivity index (χ4n) is 5.23.